The molecular weight excluding hydrogens is 473 g/mol. The van der Waals surface area contributed by atoms with Gasteiger partial charge in [-0.1, -0.05) is 29.3 Å². The number of rotatable bonds is 6. The predicted molar refractivity (Wildman–Crippen MR) is 134 cm³/mol. The van der Waals surface area contributed by atoms with Gasteiger partial charge in [0.25, 0.3) is 0 Å². The molecule has 1 atom stereocenters. The summed E-state index contributed by atoms with van der Waals surface area (Å²) in [6.45, 7) is 4.95. The van der Waals surface area contributed by atoms with Crippen LogP contribution < -0.4 is 4.90 Å². The summed E-state index contributed by atoms with van der Waals surface area (Å²) in [7, 11) is 1.89. The van der Waals surface area contributed by atoms with E-state index in [1.807, 2.05) is 30.1 Å². The van der Waals surface area contributed by atoms with E-state index in [1.54, 1.807) is 30.4 Å². The molecule has 1 aromatic heterocycles. The molecule has 2 aliphatic heterocycles. The lowest BCUT2D eigenvalue weighted by molar-refractivity contribution is -0.130. The van der Waals surface area contributed by atoms with Crippen LogP contribution in [-0.4, -0.2) is 70.9 Å². The van der Waals surface area contributed by atoms with Crippen LogP contribution >= 0.6 is 23.2 Å². The quantitative estimate of drug-likeness (QED) is 0.591. The van der Waals surface area contributed by atoms with Crippen molar-refractivity contribution in [3.63, 3.8) is 0 Å². The highest BCUT2D eigenvalue weighted by atomic mass is 35.5. The molecule has 182 valence electrons. The lowest BCUT2D eigenvalue weighted by Crippen LogP contribution is -2.51. The van der Waals surface area contributed by atoms with Crippen molar-refractivity contribution in [3.05, 3.63) is 52.4 Å². The number of hydrogen-bond donors (Lipinski definition) is 0. The minimum absolute atomic E-state index is 0.0595. The van der Waals surface area contributed by atoms with Crippen molar-refractivity contribution in [1.29, 1.82) is 0 Å². The third-order valence-electron chi connectivity index (χ3n) is 7.45. The van der Waals surface area contributed by atoms with Gasteiger partial charge < -0.3 is 9.80 Å². The van der Waals surface area contributed by atoms with Crippen LogP contribution in [-0.2, 0) is 15.0 Å². The molecule has 0 saturated carbocycles. The Hall–Kier alpha value is -2.22. The first-order chi connectivity index (χ1) is 16.3. The zero-order valence-electron chi connectivity index (χ0n) is 19.7. The number of nitrogens with zero attached hydrogens (tertiary/aromatic N) is 5. The van der Waals surface area contributed by atoms with E-state index >= 15 is 0 Å². The Morgan fingerprint density at radius 1 is 1.21 bits per heavy atom. The summed E-state index contributed by atoms with van der Waals surface area (Å²) < 4.78 is 0. The highest BCUT2D eigenvalue weighted by Gasteiger charge is 2.41. The van der Waals surface area contributed by atoms with Gasteiger partial charge >= 0.3 is 0 Å². The van der Waals surface area contributed by atoms with E-state index in [0.717, 1.165) is 50.9 Å². The SMILES string of the molecule is CC(=O)N(C)C1CCN(CCC2(c3ccc(Cl)c(Cl)c3)CCC(=O)N(c3cnccn3)C2)CC1. The van der Waals surface area contributed by atoms with Crippen molar-refractivity contribution in [3.8, 4) is 0 Å². The number of benzene rings is 1. The Morgan fingerprint density at radius 2 is 1.97 bits per heavy atom. The smallest absolute Gasteiger partial charge is 0.228 e. The van der Waals surface area contributed by atoms with E-state index in [9.17, 15) is 9.59 Å². The van der Waals surface area contributed by atoms with Gasteiger partial charge in [0.2, 0.25) is 11.8 Å². The molecule has 4 rings (SSSR count). The van der Waals surface area contributed by atoms with Gasteiger partial charge in [0.15, 0.2) is 5.82 Å². The first-order valence-electron chi connectivity index (χ1n) is 11.8. The fourth-order valence-electron chi connectivity index (χ4n) is 5.16. The monoisotopic (exact) mass is 503 g/mol. The van der Waals surface area contributed by atoms with E-state index in [2.05, 4.69) is 14.9 Å². The first-order valence-corrected chi connectivity index (χ1v) is 12.5. The topological polar surface area (TPSA) is 69.6 Å². The van der Waals surface area contributed by atoms with Gasteiger partial charge in [0.05, 0.1) is 16.2 Å². The average Bonchev–Trinajstić information content (AvgIpc) is 2.86. The lowest BCUT2D eigenvalue weighted by Gasteiger charge is -2.44. The van der Waals surface area contributed by atoms with Gasteiger partial charge in [-0.15, -0.1) is 0 Å². The molecule has 2 amide bonds. The number of likely N-dealkylation sites (tertiary alicyclic amines) is 1. The van der Waals surface area contributed by atoms with Crippen LogP contribution in [0.1, 0.15) is 44.6 Å². The number of carbonyl (C=O) groups excluding carboxylic acids is 2. The minimum atomic E-state index is -0.271. The summed E-state index contributed by atoms with van der Waals surface area (Å²) in [5.41, 5.74) is 0.821. The van der Waals surface area contributed by atoms with Crippen molar-refractivity contribution in [2.24, 2.45) is 0 Å². The Labute approximate surface area is 211 Å². The van der Waals surface area contributed by atoms with E-state index < -0.39 is 0 Å². The lowest BCUT2D eigenvalue weighted by atomic mass is 9.71. The second kappa shape index (κ2) is 10.6. The summed E-state index contributed by atoms with van der Waals surface area (Å²) in [5.74, 6) is 0.752. The normalized spacial score (nSPS) is 22.1. The number of piperidine rings is 2. The number of carbonyl (C=O) groups is 2. The molecule has 7 nitrogen and oxygen atoms in total. The van der Waals surface area contributed by atoms with Crippen LogP contribution in [0.15, 0.2) is 36.8 Å². The Bertz CT molecular complexity index is 1030. The molecule has 0 radical (unpaired) electrons. The highest BCUT2D eigenvalue weighted by Crippen LogP contribution is 2.41. The molecule has 34 heavy (non-hydrogen) atoms. The Balaban J connectivity index is 1.54. The zero-order valence-corrected chi connectivity index (χ0v) is 21.2. The molecular formula is C25H31Cl2N5O2. The van der Waals surface area contributed by atoms with Crippen molar-refractivity contribution < 1.29 is 9.59 Å². The molecule has 1 aromatic carbocycles. The van der Waals surface area contributed by atoms with Crippen LogP contribution in [0.5, 0.6) is 0 Å². The maximum absolute atomic E-state index is 12.9. The predicted octanol–water partition coefficient (Wildman–Crippen LogP) is 4.18. The second-order valence-corrected chi connectivity index (χ2v) is 10.2. The van der Waals surface area contributed by atoms with Gasteiger partial charge in [-0.25, -0.2) is 4.98 Å². The van der Waals surface area contributed by atoms with Crippen LogP contribution in [0.25, 0.3) is 0 Å². The van der Waals surface area contributed by atoms with Gasteiger partial charge in [0.1, 0.15) is 0 Å². The maximum atomic E-state index is 12.9. The third-order valence-corrected chi connectivity index (χ3v) is 8.18. The molecule has 1 unspecified atom stereocenters. The molecule has 0 spiro atoms. The summed E-state index contributed by atoms with van der Waals surface area (Å²) in [4.78, 5) is 39.2. The average molecular weight is 504 g/mol. The van der Waals surface area contributed by atoms with Crippen molar-refractivity contribution >= 4 is 40.8 Å². The van der Waals surface area contributed by atoms with Crippen LogP contribution in [0.3, 0.4) is 0 Å². The third kappa shape index (κ3) is 5.37. The van der Waals surface area contributed by atoms with Gasteiger partial charge in [0, 0.05) is 63.9 Å². The van der Waals surface area contributed by atoms with Gasteiger partial charge in [-0.2, -0.15) is 0 Å². The van der Waals surface area contributed by atoms with E-state index in [0.29, 0.717) is 34.9 Å². The van der Waals surface area contributed by atoms with Crippen LogP contribution in [0.2, 0.25) is 10.0 Å². The highest BCUT2D eigenvalue weighted by molar-refractivity contribution is 6.42. The van der Waals surface area contributed by atoms with Gasteiger partial charge in [-0.05, 0) is 49.9 Å². The molecule has 3 heterocycles. The summed E-state index contributed by atoms with van der Waals surface area (Å²) in [5, 5.41) is 1.05. The van der Waals surface area contributed by atoms with Crippen molar-refractivity contribution in [2.45, 2.75) is 50.5 Å². The largest absolute Gasteiger partial charge is 0.343 e. The number of aromatic nitrogens is 2. The second-order valence-electron chi connectivity index (χ2n) is 9.41. The first kappa shape index (κ1) is 24.9. The van der Waals surface area contributed by atoms with Crippen LogP contribution in [0.4, 0.5) is 5.82 Å². The fraction of sp³-hybridized carbons (Fsp3) is 0.520. The number of anilines is 1. The van der Waals surface area contributed by atoms with Crippen molar-refractivity contribution in [2.75, 3.05) is 38.1 Å². The molecule has 0 N–H and O–H groups in total. The van der Waals surface area contributed by atoms with E-state index in [4.69, 9.17) is 23.2 Å². The van der Waals surface area contributed by atoms with E-state index in [-0.39, 0.29) is 17.2 Å². The molecule has 2 aromatic rings. The zero-order chi connectivity index (χ0) is 24.3. The molecule has 2 saturated heterocycles. The summed E-state index contributed by atoms with van der Waals surface area (Å²) in [6, 6.07) is 6.13. The number of hydrogen-bond acceptors (Lipinski definition) is 5. The Kier molecular flexibility index (Phi) is 7.75. The molecule has 0 bridgehead atoms. The molecule has 2 fully saturated rings. The standard InChI is InChI=1S/C25H31Cl2N5O2/c1-18(33)30(2)20-6-12-31(13-7-20)14-9-25(19-3-4-21(26)22(27)15-19)8-5-24(34)32(17-25)23-16-28-10-11-29-23/h3-4,10-11,15-16,20H,5-9,12-14,17H2,1-2H3. The van der Waals surface area contributed by atoms with Crippen LogP contribution in [0, 0.1) is 0 Å². The Morgan fingerprint density at radius 3 is 2.62 bits per heavy atom. The molecule has 2 aliphatic rings. The van der Waals surface area contributed by atoms with Crippen molar-refractivity contribution in [1.82, 2.24) is 19.8 Å². The summed E-state index contributed by atoms with van der Waals surface area (Å²) >= 11 is 12.6. The van der Waals surface area contributed by atoms with E-state index in [1.165, 1.54) is 0 Å². The molecule has 0 aliphatic carbocycles. The minimum Gasteiger partial charge on any atom is -0.343 e. The van der Waals surface area contributed by atoms with Gasteiger partial charge in [-0.3, -0.25) is 19.5 Å². The molecule has 9 heteroatoms. The fourth-order valence-corrected chi connectivity index (χ4v) is 5.46. The maximum Gasteiger partial charge on any atom is 0.228 e. The number of halogens is 2. The summed E-state index contributed by atoms with van der Waals surface area (Å²) in [6.07, 6.45) is 8.85. The number of amides is 2.